The molecule has 0 fully saturated rings. The van der Waals surface area contributed by atoms with Crippen LogP contribution >= 0.6 is 0 Å². The number of amides is 1. The second kappa shape index (κ2) is 31.5. The van der Waals surface area contributed by atoms with Crippen LogP contribution in [0.5, 0.6) is 0 Å². The third-order valence-corrected chi connectivity index (χ3v) is 8.07. The van der Waals surface area contributed by atoms with Crippen molar-refractivity contribution in [3.05, 3.63) is 12.2 Å². The van der Waals surface area contributed by atoms with Gasteiger partial charge in [0.25, 0.3) is 0 Å². The quantitative estimate of drug-likeness (QED) is 0.0398. The topological polar surface area (TPSA) is 119 Å². The average molecular weight is 609 g/mol. The Morgan fingerprint density at radius 1 is 0.674 bits per heavy atom. The van der Waals surface area contributed by atoms with Crippen LogP contribution < -0.4 is 11.1 Å². The van der Waals surface area contributed by atoms with E-state index in [4.69, 9.17) is 10.5 Å². The van der Waals surface area contributed by atoms with E-state index in [1.165, 1.54) is 77.0 Å². The van der Waals surface area contributed by atoms with Gasteiger partial charge in [0.05, 0.1) is 0 Å². The van der Waals surface area contributed by atoms with Crippen LogP contribution in [0.2, 0.25) is 0 Å². The summed E-state index contributed by atoms with van der Waals surface area (Å²) >= 11 is 0. The Bertz CT molecular complexity index is 697. The molecule has 0 saturated heterocycles. The Kier molecular flexibility index (Phi) is 30.1. The molecule has 0 aliphatic carbocycles. The fraction of sp³-hybridized carbons (Fsp3) is 0.861. The third-order valence-electron chi connectivity index (χ3n) is 8.07. The number of hydrogen-bond donors (Lipinski definition) is 3. The molecule has 0 saturated carbocycles. The monoisotopic (exact) mass is 609 g/mol. The van der Waals surface area contributed by atoms with Crippen molar-refractivity contribution < 1.29 is 24.2 Å². The van der Waals surface area contributed by atoms with Crippen molar-refractivity contribution >= 4 is 17.8 Å². The lowest BCUT2D eigenvalue weighted by Gasteiger charge is -2.15. The van der Waals surface area contributed by atoms with Gasteiger partial charge < -0.3 is 20.9 Å². The van der Waals surface area contributed by atoms with E-state index in [1.807, 2.05) is 0 Å². The molecule has 4 N–H and O–H groups in total. The number of aliphatic carboxylic acids is 1. The first-order valence-electron chi connectivity index (χ1n) is 18.0. The molecule has 0 spiro atoms. The molecule has 1 amide bonds. The van der Waals surface area contributed by atoms with Crippen molar-refractivity contribution in [1.29, 1.82) is 0 Å². The van der Waals surface area contributed by atoms with Gasteiger partial charge in [0.15, 0.2) is 0 Å². The summed E-state index contributed by atoms with van der Waals surface area (Å²) < 4.78 is 5.83. The molecule has 7 nitrogen and oxygen atoms in total. The van der Waals surface area contributed by atoms with Crippen LogP contribution in [0, 0.1) is 0 Å². The molecule has 0 aromatic heterocycles. The maximum Gasteiger partial charge on any atom is 0.326 e. The Morgan fingerprint density at radius 2 is 1.19 bits per heavy atom. The van der Waals surface area contributed by atoms with Crippen LogP contribution in [0.15, 0.2) is 12.2 Å². The van der Waals surface area contributed by atoms with Gasteiger partial charge in [-0.2, -0.15) is 0 Å². The van der Waals surface area contributed by atoms with E-state index in [0.717, 1.165) is 57.8 Å². The predicted octanol–water partition coefficient (Wildman–Crippen LogP) is 9.16. The van der Waals surface area contributed by atoms with Crippen molar-refractivity contribution in [2.24, 2.45) is 5.73 Å². The zero-order valence-corrected chi connectivity index (χ0v) is 28.1. The number of carboxylic acid groups (broad SMARTS) is 1. The lowest BCUT2D eigenvalue weighted by Crippen LogP contribution is -2.40. The van der Waals surface area contributed by atoms with Crippen LogP contribution in [0.3, 0.4) is 0 Å². The molecular weight excluding hydrogens is 540 g/mol. The second-order valence-electron chi connectivity index (χ2n) is 12.3. The zero-order chi connectivity index (χ0) is 31.8. The van der Waals surface area contributed by atoms with Crippen molar-refractivity contribution in [3.63, 3.8) is 0 Å². The van der Waals surface area contributed by atoms with E-state index in [1.54, 1.807) is 0 Å². The van der Waals surface area contributed by atoms with Crippen LogP contribution in [0.1, 0.15) is 181 Å². The number of esters is 1. The number of rotatable bonds is 32. The molecule has 43 heavy (non-hydrogen) atoms. The number of ether oxygens (including phenoxy) is 1. The van der Waals surface area contributed by atoms with Crippen LogP contribution in [0.25, 0.3) is 0 Å². The van der Waals surface area contributed by atoms with Gasteiger partial charge in [0.1, 0.15) is 12.1 Å². The summed E-state index contributed by atoms with van der Waals surface area (Å²) in [5.74, 6) is -1.33. The summed E-state index contributed by atoms with van der Waals surface area (Å²) in [5.41, 5.74) is 5.45. The lowest BCUT2D eigenvalue weighted by molar-refractivity contribution is -0.147. The number of allylic oxidation sites excluding steroid dienone is 1. The van der Waals surface area contributed by atoms with E-state index in [-0.39, 0.29) is 18.0 Å². The largest absolute Gasteiger partial charge is 0.480 e. The number of carbonyl (C=O) groups is 3. The van der Waals surface area contributed by atoms with E-state index in [2.05, 4.69) is 31.3 Å². The summed E-state index contributed by atoms with van der Waals surface area (Å²) in [6.45, 7) is 4.84. The van der Waals surface area contributed by atoms with E-state index in [9.17, 15) is 19.5 Å². The minimum Gasteiger partial charge on any atom is -0.480 e. The SMILES string of the molecule is CCCC/C=C\C(CCCCCCC(=O)NC(CCCN)C(=O)O)OC(=O)CCCCCCCCCCCCCCCC. The lowest BCUT2D eigenvalue weighted by atomic mass is 10.0. The van der Waals surface area contributed by atoms with Crippen LogP contribution in [-0.2, 0) is 19.1 Å². The highest BCUT2D eigenvalue weighted by molar-refractivity contribution is 5.83. The highest BCUT2D eigenvalue weighted by atomic mass is 16.5. The van der Waals surface area contributed by atoms with Crippen molar-refractivity contribution in [1.82, 2.24) is 5.32 Å². The number of nitrogens with one attached hydrogen (secondary N) is 1. The number of nitrogens with two attached hydrogens (primary N) is 1. The maximum atomic E-state index is 12.5. The molecule has 0 aliphatic heterocycles. The number of carbonyl (C=O) groups excluding carboxylic acids is 2. The van der Waals surface area contributed by atoms with Gasteiger partial charge in [-0.15, -0.1) is 0 Å². The first-order chi connectivity index (χ1) is 20.9. The van der Waals surface area contributed by atoms with Crippen molar-refractivity contribution in [2.45, 2.75) is 193 Å². The second-order valence-corrected chi connectivity index (χ2v) is 12.3. The Balaban J connectivity index is 4.07. The molecule has 0 aliphatic rings. The summed E-state index contributed by atoms with van der Waals surface area (Å²) in [4.78, 5) is 35.9. The summed E-state index contributed by atoms with van der Waals surface area (Å²) in [6.07, 6.45) is 31.5. The predicted molar refractivity (Wildman–Crippen MR) is 179 cm³/mol. The Labute approximate surface area is 264 Å². The van der Waals surface area contributed by atoms with Gasteiger partial charge in [-0.1, -0.05) is 129 Å². The zero-order valence-electron chi connectivity index (χ0n) is 28.1. The molecular formula is C36H68N2O5. The number of carboxylic acids is 1. The van der Waals surface area contributed by atoms with Gasteiger partial charge >= 0.3 is 11.9 Å². The number of hydrogen-bond acceptors (Lipinski definition) is 5. The first kappa shape index (κ1) is 41.1. The first-order valence-corrected chi connectivity index (χ1v) is 18.0. The summed E-state index contributed by atoms with van der Waals surface area (Å²) in [5, 5.41) is 11.8. The normalized spacial score (nSPS) is 12.8. The number of unbranched alkanes of at least 4 members (excludes halogenated alkanes) is 18. The maximum absolute atomic E-state index is 12.5. The van der Waals surface area contributed by atoms with E-state index >= 15 is 0 Å². The highest BCUT2D eigenvalue weighted by Crippen LogP contribution is 2.16. The molecule has 2 unspecified atom stereocenters. The fourth-order valence-corrected chi connectivity index (χ4v) is 5.29. The van der Waals surface area contributed by atoms with Gasteiger partial charge in [0.2, 0.25) is 5.91 Å². The summed E-state index contributed by atoms with van der Waals surface area (Å²) in [6, 6.07) is -0.865. The molecule has 252 valence electrons. The molecule has 0 bridgehead atoms. The van der Waals surface area contributed by atoms with Gasteiger partial charge in [0, 0.05) is 12.8 Å². The summed E-state index contributed by atoms with van der Waals surface area (Å²) in [7, 11) is 0. The van der Waals surface area contributed by atoms with Gasteiger partial charge in [-0.3, -0.25) is 9.59 Å². The van der Waals surface area contributed by atoms with Crippen molar-refractivity contribution in [3.8, 4) is 0 Å². The van der Waals surface area contributed by atoms with Crippen molar-refractivity contribution in [2.75, 3.05) is 6.54 Å². The molecule has 0 aromatic carbocycles. The Hall–Kier alpha value is -1.89. The average Bonchev–Trinajstić information content (AvgIpc) is 2.98. The molecule has 0 rings (SSSR count). The molecule has 7 heteroatoms. The minimum absolute atomic E-state index is 0.0941. The van der Waals surface area contributed by atoms with Gasteiger partial charge in [-0.25, -0.2) is 4.79 Å². The third kappa shape index (κ3) is 28.6. The van der Waals surface area contributed by atoms with Gasteiger partial charge in [-0.05, 0) is 57.6 Å². The fourth-order valence-electron chi connectivity index (χ4n) is 5.29. The highest BCUT2D eigenvalue weighted by Gasteiger charge is 2.19. The van der Waals surface area contributed by atoms with E-state index < -0.39 is 12.0 Å². The molecule has 0 radical (unpaired) electrons. The molecule has 0 heterocycles. The van der Waals surface area contributed by atoms with Crippen LogP contribution in [0.4, 0.5) is 0 Å². The standard InChI is InChI=1S/C36H68N2O5/c1-3-5-7-9-10-11-12-13-14-15-16-17-18-24-30-35(40)43-32(26-21-8-6-4-2)27-22-19-20-23-29-34(39)38-33(36(41)42)28-25-31-37/h21,26,32-33H,3-20,22-25,27-31,37H2,1-2H3,(H,38,39)(H,41,42)/b26-21-. The van der Waals surface area contributed by atoms with Crippen LogP contribution in [-0.4, -0.2) is 41.6 Å². The minimum atomic E-state index is -1.02. The molecule has 2 atom stereocenters. The van der Waals surface area contributed by atoms with E-state index in [0.29, 0.717) is 38.6 Å². The Morgan fingerprint density at radius 3 is 1.72 bits per heavy atom. The smallest absolute Gasteiger partial charge is 0.326 e. The molecule has 0 aromatic rings.